The van der Waals surface area contributed by atoms with Crippen molar-refractivity contribution in [3.8, 4) is 0 Å². The zero-order valence-corrected chi connectivity index (χ0v) is 14.4. The second kappa shape index (κ2) is 7.09. The first-order valence-corrected chi connectivity index (χ1v) is 8.28. The number of urea groups is 1. The summed E-state index contributed by atoms with van der Waals surface area (Å²) in [6.45, 7) is 6.49. The Morgan fingerprint density at radius 3 is 2.00 bits per heavy atom. The van der Waals surface area contributed by atoms with Gasteiger partial charge < -0.3 is 15.1 Å². The van der Waals surface area contributed by atoms with Crippen LogP contribution >= 0.6 is 0 Å². The Kier molecular flexibility index (Phi) is 4.88. The highest BCUT2D eigenvalue weighted by Gasteiger charge is 2.24. The number of carbonyl (C=O) groups is 1. The van der Waals surface area contributed by atoms with Gasteiger partial charge in [-0.25, -0.2) is 13.6 Å². The van der Waals surface area contributed by atoms with Gasteiger partial charge >= 0.3 is 6.03 Å². The van der Waals surface area contributed by atoms with E-state index in [0.29, 0.717) is 26.2 Å². The number of carbonyl (C=O) groups excluding carboxylic acids is 1. The smallest absolute Gasteiger partial charge is 0.322 e. The lowest BCUT2D eigenvalue weighted by Gasteiger charge is -2.37. The fourth-order valence-corrected chi connectivity index (χ4v) is 3.24. The molecule has 4 nitrogen and oxygen atoms in total. The summed E-state index contributed by atoms with van der Waals surface area (Å²) < 4.78 is 27.3. The van der Waals surface area contributed by atoms with Gasteiger partial charge in [0.2, 0.25) is 0 Å². The van der Waals surface area contributed by atoms with Crippen LogP contribution in [0, 0.1) is 25.5 Å². The molecular formula is C19H21F2N3O. The molecule has 1 saturated heterocycles. The topological polar surface area (TPSA) is 35.6 Å². The molecule has 2 aromatic rings. The summed E-state index contributed by atoms with van der Waals surface area (Å²) in [6, 6.07) is 9.20. The Bertz CT molecular complexity index is 746. The Morgan fingerprint density at radius 2 is 1.44 bits per heavy atom. The van der Waals surface area contributed by atoms with Crippen LogP contribution in [0.15, 0.2) is 36.4 Å². The van der Waals surface area contributed by atoms with Crippen molar-refractivity contribution in [3.05, 3.63) is 59.2 Å². The van der Waals surface area contributed by atoms with Gasteiger partial charge in [0.15, 0.2) is 0 Å². The number of para-hydroxylation sites is 2. The number of aryl methyl sites for hydroxylation is 2. The summed E-state index contributed by atoms with van der Waals surface area (Å²) >= 11 is 0. The van der Waals surface area contributed by atoms with Crippen molar-refractivity contribution in [2.45, 2.75) is 13.8 Å². The maximum Gasteiger partial charge on any atom is 0.322 e. The van der Waals surface area contributed by atoms with E-state index in [-0.39, 0.29) is 0 Å². The lowest BCUT2D eigenvalue weighted by molar-refractivity contribution is 0.208. The van der Waals surface area contributed by atoms with E-state index in [1.165, 1.54) is 22.9 Å². The van der Waals surface area contributed by atoms with Gasteiger partial charge in [0.1, 0.15) is 17.3 Å². The van der Waals surface area contributed by atoms with Gasteiger partial charge in [-0.1, -0.05) is 24.3 Å². The third-order valence-electron chi connectivity index (χ3n) is 4.52. The minimum atomic E-state index is -0.775. The molecule has 2 amide bonds. The minimum absolute atomic E-state index is 0.398. The molecule has 1 aliphatic heterocycles. The zero-order valence-electron chi connectivity index (χ0n) is 14.4. The molecule has 0 aliphatic carbocycles. The van der Waals surface area contributed by atoms with Gasteiger partial charge in [-0.2, -0.15) is 0 Å². The molecule has 0 unspecified atom stereocenters. The molecule has 1 fully saturated rings. The number of anilines is 2. The third-order valence-corrected chi connectivity index (χ3v) is 4.52. The van der Waals surface area contributed by atoms with E-state index in [4.69, 9.17) is 0 Å². The van der Waals surface area contributed by atoms with Crippen LogP contribution in [0.25, 0.3) is 0 Å². The highest BCUT2D eigenvalue weighted by atomic mass is 19.1. The number of piperazine rings is 1. The molecule has 1 heterocycles. The standard InChI is InChI=1S/C19H21F2N3O/c1-13-5-3-6-14(2)18(13)23-9-11-24(12-10-23)19(25)22-17-15(20)7-4-8-16(17)21/h3-8H,9-12H2,1-2H3,(H,22,25). The average molecular weight is 345 g/mol. The second-order valence-corrected chi connectivity index (χ2v) is 6.24. The quantitative estimate of drug-likeness (QED) is 0.895. The highest BCUT2D eigenvalue weighted by Crippen LogP contribution is 2.26. The van der Waals surface area contributed by atoms with Crippen molar-refractivity contribution < 1.29 is 13.6 Å². The molecule has 3 rings (SSSR count). The molecule has 0 bridgehead atoms. The van der Waals surface area contributed by atoms with E-state index >= 15 is 0 Å². The second-order valence-electron chi connectivity index (χ2n) is 6.24. The highest BCUT2D eigenvalue weighted by molar-refractivity contribution is 5.89. The summed E-state index contributed by atoms with van der Waals surface area (Å²) in [6.07, 6.45) is 0. The molecule has 2 aromatic carbocycles. The lowest BCUT2D eigenvalue weighted by Crippen LogP contribution is -2.50. The molecule has 6 heteroatoms. The van der Waals surface area contributed by atoms with Crippen molar-refractivity contribution in [2.24, 2.45) is 0 Å². The van der Waals surface area contributed by atoms with Crippen LogP contribution in [0.2, 0.25) is 0 Å². The molecule has 0 spiro atoms. The van der Waals surface area contributed by atoms with Gasteiger partial charge in [0.25, 0.3) is 0 Å². The van der Waals surface area contributed by atoms with E-state index in [0.717, 1.165) is 12.1 Å². The van der Waals surface area contributed by atoms with Crippen molar-refractivity contribution in [3.63, 3.8) is 0 Å². The van der Waals surface area contributed by atoms with E-state index in [2.05, 4.69) is 36.2 Å². The molecule has 132 valence electrons. The predicted octanol–water partition coefficient (Wildman–Crippen LogP) is 3.94. The normalized spacial score (nSPS) is 14.6. The van der Waals surface area contributed by atoms with Gasteiger partial charge in [0.05, 0.1) is 0 Å². The maximum absolute atomic E-state index is 13.7. The lowest BCUT2D eigenvalue weighted by atomic mass is 10.1. The van der Waals surface area contributed by atoms with Crippen molar-refractivity contribution >= 4 is 17.4 Å². The van der Waals surface area contributed by atoms with Crippen LogP contribution < -0.4 is 10.2 Å². The number of rotatable bonds is 2. The fourth-order valence-electron chi connectivity index (χ4n) is 3.24. The van der Waals surface area contributed by atoms with Crippen LogP contribution in [0.5, 0.6) is 0 Å². The van der Waals surface area contributed by atoms with Crippen molar-refractivity contribution in [2.75, 3.05) is 36.4 Å². The number of hydrogen-bond acceptors (Lipinski definition) is 2. The molecule has 1 N–H and O–H groups in total. The summed E-state index contributed by atoms with van der Waals surface area (Å²) in [5, 5.41) is 2.34. The Balaban J connectivity index is 1.65. The molecule has 1 aliphatic rings. The Morgan fingerprint density at radius 1 is 0.920 bits per heavy atom. The first-order chi connectivity index (χ1) is 12.0. The monoisotopic (exact) mass is 345 g/mol. The Hall–Kier alpha value is -2.63. The summed E-state index contributed by atoms with van der Waals surface area (Å²) in [7, 11) is 0. The molecule has 0 saturated carbocycles. The third kappa shape index (κ3) is 3.57. The van der Waals surface area contributed by atoms with Crippen molar-refractivity contribution in [1.82, 2.24) is 4.90 Å². The maximum atomic E-state index is 13.7. The van der Waals surface area contributed by atoms with E-state index < -0.39 is 23.4 Å². The van der Waals surface area contributed by atoms with E-state index in [1.807, 2.05) is 6.07 Å². The number of halogens is 2. The summed E-state index contributed by atoms with van der Waals surface area (Å²) in [5.74, 6) is -1.55. The number of amides is 2. The first-order valence-electron chi connectivity index (χ1n) is 8.28. The summed E-state index contributed by atoms with van der Waals surface area (Å²) in [4.78, 5) is 16.1. The number of benzene rings is 2. The largest absolute Gasteiger partial charge is 0.368 e. The van der Waals surface area contributed by atoms with Crippen LogP contribution in [-0.2, 0) is 0 Å². The molecule has 0 radical (unpaired) electrons. The fraction of sp³-hybridized carbons (Fsp3) is 0.316. The molecule has 25 heavy (non-hydrogen) atoms. The van der Waals surface area contributed by atoms with Gasteiger partial charge in [-0.15, -0.1) is 0 Å². The number of hydrogen-bond donors (Lipinski definition) is 1. The Labute approximate surface area is 146 Å². The van der Waals surface area contributed by atoms with Gasteiger partial charge in [-0.05, 0) is 37.1 Å². The average Bonchev–Trinajstić information content (AvgIpc) is 2.58. The summed E-state index contributed by atoms with van der Waals surface area (Å²) in [5.41, 5.74) is 3.20. The van der Waals surface area contributed by atoms with Gasteiger partial charge in [0, 0.05) is 31.9 Å². The number of nitrogens with zero attached hydrogens (tertiary/aromatic N) is 2. The van der Waals surface area contributed by atoms with Crippen molar-refractivity contribution in [1.29, 1.82) is 0 Å². The zero-order chi connectivity index (χ0) is 18.0. The predicted molar refractivity (Wildman–Crippen MR) is 95.1 cm³/mol. The van der Waals surface area contributed by atoms with Crippen LogP contribution in [0.4, 0.5) is 25.0 Å². The minimum Gasteiger partial charge on any atom is -0.368 e. The molecular weight excluding hydrogens is 324 g/mol. The van der Waals surface area contributed by atoms with Crippen LogP contribution in [0.3, 0.4) is 0 Å². The van der Waals surface area contributed by atoms with E-state index in [1.54, 1.807) is 4.90 Å². The van der Waals surface area contributed by atoms with E-state index in [9.17, 15) is 13.6 Å². The molecule has 0 atom stereocenters. The molecule has 0 aromatic heterocycles. The van der Waals surface area contributed by atoms with Gasteiger partial charge in [-0.3, -0.25) is 0 Å². The SMILES string of the molecule is Cc1cccc(C)c1N1CCN(C(=O)Nc2c(F)cccc2F)CC1. The van der Waals surface area contributed by atoms with Crippen LogP contribution in [0.1, 0.15) is 11.1 Å². The van der Waals surface area contributed by atoms with Crippen LogP contribution in [-0.4, -0.2) is 37.1 Å². The number of nitrogens with one attached hydrogen (secondary N) is 1. The first kappa shape index (κ1) is 17.2.